The molecule has 3 aliphatic rings. The quantitative estimate of drug-likeness (QED) is 0.195. The highest BCUT2D eigenvalue weighted by atomic mass is 35.5. The van der Waals surface area contributed by atoms with Gasteiger partial charge in [0.25, 0.3) is 5.91 Å². The molecule has 49 heavy (non-hydrogen) atoms. The minimum absolute atomic E-state index is 0.00322. The lowest BCUT2D eigenvalue weighted by atomic mass is 9.76. The van der Waals surface area contributed by atoms with E-state index in [0.717, 1.165) is 27.7 Å². The summed E-state index contributed by atoms with van der Waals surface area (Å²) in [6, 6.07) is 5.29. The molecule has 0 spiro atoms. The summed E-state index contributed by atoms with van der Waals surface area (Å²) in [7, 11) is 1.91. The van der Waals surface area contributed by atoms with Crippen LogP contribution in [0.4, 0.5) is 24.7 Å². The van der Waals surface area contributed by atoms with Gasteiger partial charge in [0.05, 0.1) is 29.1 Å². The standard InChI is InChI=1S/C35H40ClF3N8O2/c1-21(18-44(5)23(3)25-13-35(38,39)14-25)49-34-42-29-20-45(30-17-41-15-24-7-6-8-28(36)31(24)30)10-9-27(29)32(43-34)46-11-12-47(33(48)22(2)37)26(19-46)16-40-4/h6-8,15,17,21,23,25-26H,2,9-14,16,18-20H2,1,3,5H3/t21-,23-,26-/m0/s1. The monoisotopic (exact) mass is 696 g/mol. The Morgan fingerprint density at radius 1 is 1.20 bits per heavy atom. The van der Waals surface area contributed by atoms with Crippen molar-refractivity contribution in [3.63, 3.8) is 0 Å². The number of piperazine rings is 1. The Morgan fingerprint density at radius 3 is 2.69 bits per heavy atom. The smallest absolute Gasteiger partial charge is 0.318 e. The molecule has 6 rings (SSSR count). The molecule has 4 heterocycles. The molecule has 1 aromatic carbocycles. The number of anilines is 2. The zero-order valence-corrected chi connectivity index (χ0v) is 28.6. The first-order valence-electron chi connectivity index (χ1n) is 16.5. The Labute approximate surface area is 289 Å². The molecule has 0 N–H and O–H groups in total. The predicted octanol–water partition coefficient (Wildman–Crippen LogP) is 5.79. The third-order valence-electron chi connectivity index (χ3n) is 10.0. The maximum absolute atomic E-state index is 13.9. The number of ether oxygens (including phenoxy) is 1. The predicted molar refractivity (Wildman–Crippen MR) is 183 cm³/mol. The molecule has 2 aliphatic heterocycles. The fourth-order valence-corrected chi connectivity index (χ4v) is 7.53. The first-order valence-corrected chi connectivity index (χ1v) is 16.9. The van der Waals surface area contributed by atoms with Gasteiger partial charge in [-0.2, -0.15) is 9.97 Å². The maximum Gasteiger partial charge on any atom is 0.318 e. The number of hydrogen-bond acceptors (Lipinski definition) is 8. The van der Waals surface area contributed by atoms with E-state index >= 15 is 0 Å². The van der Waals surface area contributed by atoms with Crippen molar-refractivity contribution >= 4 is 39.8 Å². The van der Waals surface area contributed by atoms with Crippen molar-refractivity contribution < 1.29 is 22.7 Å². The van der Waals surface area contributed by atoms with Gasteiger partial charge in [0.15, 0.2) is 5.83 Å². The zero-order valence-electron chi connectivity index (χ0n) is 27.9. The van der Waals surface area contributed by atoms with Crippen molar-refractivity contribution in [1.29, 1.82) is 0 Å². The minimum atomic E-state index is -2.58. The molecule has 3 aromatic rings. The second-order valence-corrected chi connectivity index (χ2v) is 13.8. The molecule has 2 fully saturated rings. The molecule has 0 radical (unpaired) electrons. The van der Waals surface area contributed by atoms with Crippen LogP contribution in [0.3, 0.4) is 0 Å². The van der Waals surface area contributed by atoms with Crippen LogP contribution in [0.1, 0.15) is 37.9 Å². The maximum atomic E-state index is 13.9. The number of aromatic nitrogens is 3. The van der Waals surface area contributed by atoms with Crippen LogP contribution in [0, 0.1) is 12.5 Å². The Morgan fingerprint density at radius 2 is 1.98 bits per heavy atom. The van der Waals surface area contributed by atoms with Gasteiger partial charge in [-0.05, 0) is 39.3 Å². The highest BCUT2D eigenvalue weighted by Crippen LogP contribution is 2.45. The highest BCUT2D eigenvalue weighted by molar-refractivity contribution is 6.36. The number of amides is 1. The van der Waals surface area contributed by atoms with E-state index in [1.807, 2.05) is 48.9 Å². The average molecular weight is 697 g/mol. The van der Waals surface area contributed by atoms with E-state index in [2.05, 4.69) is 21.3 Å². The third kappa shape index (κ3) is 7.26. The summed E-state index contributed by atoms with van der Waals surface area (Å²) >= 11 is 6.67. The van der Waals surface area contributed by atoms with E-state index in [1.54, 1.807) is 12.4 Å². The van der Waals surface area contributed by atoms with E-state index in [9.17, 15) is 18.0 Å². The summed E-state index contributed by atoms with van der Waals surface area (Å²) in [6.45, 7) is 16.9. The Kier molecular flexibility index (Phi) is 9.91. The van der Waals surface area contributed by atoms with Gasteiger partial charge in [0.2, 0.25) is 12.5 Å². The summed E-state index contributed by atoms with van der Waals surface area (Å²) in [4.78, 5) is 38.0. The molecule has 2 aromatic heterocycles. The molecule has 1 amide bonds. The van der Waals surface area contributed by atoms with Gasteiger partial charge < -0.3 is 24.3 Å². The normalized spacial score (nSPS) is 20.4. The minimum Gasteiger partial charge on any atom is -0.459 e. The number of nitrogens with zero attached hydrogens (tertiary/aromatic N) is 8. The third-order valence-corrected chi connectivity index (χ3v) is 10.3. The lowest BCUT2D eigenvalue weighted by molar-refractivity contribution is -0.131. The average Bonchev–Trinajstić information content (AvgIpc) is 3.05. The summed E-state index contributed by atoms with van der Waals surface area (Å²) in [5.41, 5.74) is 2.58. The molecular weight excluding hydrogens is 657 g/mol. The number of carbonyl (C=O) groups is 1. The van der Waals surface area contributed by atoms with Gasteiger partial charge in [-0.1, -0.05) is 30.3 Å². The topological polar surface area (TPSA) is 82.3 Å². The molecule has 3 atom stereocenters. The van der Waals surface area contributed by atoms with Crippen molar-refractivity contribution in [3.8, 4) is 6.01 Å². The number of halogens is 4. The van der Waals surface area contributed by atoms with Crippen LogP contribution < -0.4 is 14.5 Å². The molecule has 260 valence electrons. The number of pyridine rings is 1. The van der Waals surface area contributed by atoms with Crippen LogP contribution in [0.25, 0.3) is 15.6 Å². The van der Waals surface area contributed by atoms with Crippen molar-refractivity contribution in [2.75, 3.05) is 56.1 Å². The van der Waals surface area contributed by atoms with Gasteiger partial charge >= 0.3 is 6.01 Å². The van der Waals surface area contributed by atoms with Gasteiger partial charge in [-0.15, -0.1) is 0 Å². The fraction of sp³-hybridized carbons (Fsp3) is 0.514. The number of likely N-dealkylation sites (N-methyl/N-ethyl adjacent to an activating group) is 1. The summed E-state index contributed by atoms with van der Waals surface area (Å²) < 4.78 is 47.3. The van der Waals surface area contributed by atoms with Crippen LogP contribution in [0.15, 0.2) is 43.0 Å². The molecule has 14 heteroatoms. The number of rotatable bonds is 10. The van der Waals surface area contributed by atoms with Gasteiger partial charge in [-0.25, -0.2) is 19.7 Å². The number of carbonyl (C=O) groups excluding carboxylic acids is 1. The zero-order chi connectivity index (χ0) is 35.0. The second kappa shape index (κ2) is 14.0. The Bertz CT molecular complexity index is 1770. The summed E-state index contributed by atoms with van der Waals surface area (Å²) in [5, 5.41) is 2.45. The first kappa shape index (κ1) is 34.7. The fourth-order valence-electron chi connectivity index (χ4n) is 7.25. The van der Waals surface area contributed by atoms with Crippen molar-refractivity contribution in [1.82, 2.24) is 24.8 Å². The van der Waals surface area contributed by atoms with Crippen LogP contribution in [0.5, 0.6) is 6.01 Å². The van der Waals surface area contributed by atoms with Crippen molar-refractivity contribution in [2.24, 2.45) is 5.92 Å². The number of fused-ring (bicyclic) bond motifs is 2. The van der Waals surface area contributed by atoms with Crippen LogP contribution in [0.2, 0.25) is 5.02 Å². The van der Waals surface area contributed by atoms with Gasteiger partial charge in [-0.3, -0.25) is 14.7 Å². The van der Waals surface area contributed by atoms with E-state index in [0.29, 0.717) is 43.4 Å². The van der Waals surface area contributed by atoms with E-state index in [1.165, 1.54) is 4.90 Å². The molecule has 0 bridgehead atoms. The molecule has 1 saturated carbocycles. The van der Waals surface area contributed by atoms with Gasteiger partial charge in [0.1, 0.15) is 18.0 Å². The van der Waals surface area contributed by atoms with Gasteiger partial charge in [0, 0.05) is 74.1 Å². The van der Waals surface area contributed by atoms with E-state index in [4.69, 9.17) is 32.9 Å². The van der Waals surface area contributed by atoms with E-state index < -0.39 is 23.7 Å². The van der Waals surface area contributed by atoms with Crippen LogP contribution in [-0.2, 0) is 17.8 Å². The molecular formula is C35H40ClF3N8O2. The first-order chi connectivity index (χ1) is 23.3. The second-order valence-electron chi connectivity index (χ2n) is 13.4. The molecule has 1 saturated heterocycles. The number of benzene rings is 1. The number of alkyl halides is 2. The Hall–Kier alpha value is -4.15. The summed E-state index contributed by atoms with van der Waals surface area (Å²) in [5.74, 6) is -3.87. The highest BCUT2D eigenvalue weighted by Gasteiger charge is 2.48. The largest absolute Gasteiger partial charge is 0.459 e. The lowest BCUT2D eigenvalue weighted by Gasteiger charge is -2.42. The van der Waals surface area contributed by atoms with Crippen LogP contribution in [-0.4, -0.2) is 101 Å². The van der Waals surface area contributed by atoms with Crippen molar-refractivity contribution in [2.45, 2.75) is 63.8 Å². The number of hydrogen-bond donors (Lipinski definition) is 0. The van der Waals surface area contributed by atoms with E-state index in [-0.39, 0.29) is 56.6 Å². The summed E-state index contributed by atoms with van der Waals surface area (Å²) in [6.07, 6.45) is 3.62. The van der Waals surface area contributed by atoms with Crippen LogP contribution >= 0.6 is 11.6 Å². The van der Waals surface area contributed by atoms with Crippen molar-refractivity contribution in [3.05, 3.63) is 70.7 Å². The Balaban J connectivity index is 1.29. The molecule has 1 aliphatic carbocycles. The lowest BCUT2D eigenvalue weighted by Crippen LogP contribution is -2.57. The SMILES string of the molecule is [C-]#[N+]C[C@H]1CN(c2nc(O[C@@H](C)CN(C)[C@@H](C)C3CC(F)(F)C3)nc3c2CCN(c2cncc4cccc(Cl)c24)C3)CCN1C(=O)C(=C)F. The molecule has 10 nitrogen and oxygen atoms in total. The molecule has 0 unspecified atom stereocenters.